The van der Waals surface area contributed by atoms with Crippen LogP contribution in [0.15, 0.2) is 29.3 Å². The largest absolute Gasteiger partial charge is 0.445 e. The normalized spacial score (nSPS) is 14.5. The summed E-state index contributed by atoms with van der Waals surface area (Å²) in [5.41, 5.74) is 12.0. The minimum absolute atomic E-state index is 0.0387. The molecule has 0 aromatic heterocycles. The van der Waals surface area contributed by atoms with Crippen molar-refractivity contribution < 1.29 is 81.3 Å². The highest BCUT2D eigenvalue weighted by molar-refractivity contribution is 8.00. The predicted octanol–water partition coefficient (Wildman–Crippen LogP) is 1.55. The molecule has 26 heteroatoms. The SMILES string of the molecule is COCCOCCOCCOCCOCCOCCOCCOCCC(=O)N[C@H](CC[C@@H](CO)C(=O)NCC(=O)C[C@@H](CCCCN=C(N)N)C(=O)Nc1ccc(COC(=O)NCCN2C(=O)CC(SC)C2=O)cc1)CC(C)C. The number of amides is 6. The summed E-state index contributed by atoms with van der Waals surface area (Å²) in [4.78, 5) is 94.8. The number of likely N-dealkylation sites (tertiary alicyclic amines) is 1. The Bertz CT molecular complexity index is 1920. The number of guanidine groups is 1. The smallest absolute Gasteiger partial charge is 0.407 e. The first-order valence-corrected chi connectivity index (χ1v) is 28.4. The summed E-state index contributed by atoms with van der Waals surface area (Å²) in [7, 11) is 1.63. The summed E-state index contributed by atoms with van der Waals surface area (Å²) in [6.07, 6.45) is 3.85. The molecule has 0 spiro atoms. The number of ketones is 1. The molecule has 2 rings (SSSR count). The molecule has 1 aliphatic heterocycles. The molecule has 1 saturated heterocycles. The van der Waals surface area contributed by atoms with Gasteiger partial charge in [-0.3, -0.25) is 38.7 Å². The number of ether oxygens (including phenoxy) is 9. The summed E-state index contributed by atoms with van der Waals surface area (Å²) in [6.45, 7) is 10.1. The number of aliphatic imine (C=N–C) groups is 1. The Morgan fingerprint density at radius 3 is 1.84 bits per heavy atom. The number of imide groups is 1. The van der Waals surface area contributed by atoms with Crippen LogP contribution in [0, 0.1) is 17.8 Å². The van der Waals surface area contributed by atoms with Gasteiger partial charge in [-0.15, -0.1) is 0 Å². The maximum Gasteiger partial charge on any atom is 0.407 e. The number of carbonyl (C=O) groups is 7. The number of nitrogens with zero attached hydrogens (tertiary/aromatic N) is 2. The van der Waals surface area contributed by atoms with Crippen LogP contribution < -0.4 is 32.7 Å². The lowest BCUT2D eigenvalue weighted by atomic mass is 9.93. The Morgan fingerprint density at radius 1 is 0.747 bits per heavy atom. The van der Waals surface area contributed by atoms with Gasteiger partial charge in [-0.25, -0.2) is 4.79 Å². The third-order valence-electron chi connectivity index (χ3n) is 12.0. The Kier molecular flexibility index (Phi) is 39.6. The van der Waals surface area contributed by atoms with Gasteiger partial charge in [0.25, 0.3) is 0 Å². The number of rotatable bonds is 49. The van der Waals surface area contributed by atoms with Crippen LogP contribution in [-0.4, -0.2) is 214 Å². The third-order valence-corrected chi connectivity index (χ3v) is 12.9. The number of aliphatic hydroxyl groups is 1. The molecule has 0 bridgehead atoms. The number of aliphatic hydroxyl groups excluding tert-OH is 1. The van der Waals surface area contributed by atoms with Crippen molar-refractivity contribution in [1.82, 2.24) is 20.9 Å². The van der Waals surface area contributed by atoms with Gasteiger partial charge in [0.2, 0.25) is 29.5 Å². The van der Waals surface area contributed by atoms with Gasteiger partial charge >= 0.3 is 6.09 Å². The maximum absolute atomic E-state index is 13.6. The maximum atomic E-state index is 13.6. The van der Waals surface area contributed by atoms with E-state index < -0.39 is 41.6 Å². The van der Waals surface area contributed by atoms with Crippen LogP contribution in [0.25, 0.3) is 0 Å². The molecule has 6 amide bonds. The van der Waals surface area contributed by atoms with E-state index in [-0.39, 0.29) is 100.0 Å². The van der Waals surface area contributed by atoms with Gasteiger partial charge in [0, 0.05) is 63.7 Å². The minimum Gasteiger partial charge on any atom is -0.445 e. The quantitative estimate of drug-likeness (QED) is 0.0211. The molecule has 1 aliphatic rings. The number of nitrogens with two attached hydrogens (primary N) is 2. The minimum atomic E-state index is -0.837. The highest BCUT2D eigenvalue weighted by Crippen LogP contribution is 2.23. The van der Waals surface area contributed by atoms with Gasteiger partial charge < -0.3 is 80.5 Å². The standard InChI is InChI=1S/C53H90N8O17S/c1-39(2)33-44(59-47(64)14-18-71-21-22-73-25-26-75-29-30-77-32-31-76-28-27-74-24-23-72-20-19-70-3)13-10-42(37-62)49(66)58-36-45(63)34-41(7-5-6-15-56-52(54)55)50(67)60-43-11-8-40(9-12-43)38-78-53(69)57-16-17-61-48(65)35-46(79-4)51(61)68/h8-9,11-12,39,41-42,44,46,62H,5-7,10,13-38H2,1-4H3,(H,57,69)(H,58,66)(H,59,64)(H,60,67)(H4,54,55,56)/t41-,42+,44-,46?/m1/s1. The number of methoxy groups -OCH3 is 1. The van der Waals surface area contributed by atoms with Gasteiger partial charge in [0.05, 0.1) is 123 Å². The lowest BCUT2D eigenvalue weighted by Crippen LogP contribution is -2.40. The van der Waals surface area contributed by atoms with Crippen LogP contribution in [0.4, 0.5) is 10.5 Å². The molecule has 9 N–H and O–H groups in total. The molecule has 450 valence electrons. The summed E-state index contributed by atoms with van der Waals surface area (Å²) < 4.78 is 48.5. The molecule has 1 fully saturated rings. The second kappa shape index (κ2) is 44.7. The van der Waals surface area contributed by atoms with Crippen molar-refractivity contribution in [1.29, 1.82) is 0 Å². The number of unbranched alkanes of at least 4 members (excludes halogenated alkanes) is 1. The first-order chi connectivity index (χ1) is 38.2. The van der Waals surface area contributed by atoms with E-state index in [1.807, 2.05) is 13.8 Å². The van der Waals surface area contributed by atoms with Gasteiger partial charge in [-0.2, -0.15) is 11.8 Å². The van der Waals surface area contributed by atoms with E-state index in [0.717, 1.165) is 4.90 Å². The molecule has 79 heavy (non-hydrogen) atoms. The van der Waals surface area contributed by atoms with Crippen molar-refractivity contribution in [2.24, 2.45) is 34.2 Å². The Morgan fingerprint density at radius 2 is 1.32 bits per heavy atom. The average molecular weight is 1140 g/mol. The molecule has 25 nitrogen and oxygen atoms in total. The van der Waals surface area contributed by atoms with Crippen LogP contribution in [-0.2, 0) is 78.0 Å². The Labute approximate surface area is 469 Å². The zero-order valence-electron chi connectivity index (χ0n) is 46.8. The number of hydrogen-bond donors (Lipinski definition) is 7. The molecule has 0 aliphatic carbocycles. The van der Waals surface area contributed by atoms with Gasteiger partial charge in [-0.05, 0) is 62.0 Å². The highest BCUT2D eigenvalue weighted by atomic mass is 32.2. The Balaban J connectivity index is 1.69. The van der Waals surface area contributed by atoms with E-state index in [1.54, 1.807) is 37.6 Å². The first kappa shape index (κ1) is 70.1. The second-order valence-corrected chi connectivity index (χ2v) is 19.9. The number of benzene rings is 1. The fourth-order valence-electron chi connectivity index (χ4n) is 7.74. The van der Waals surface area contributed by atoms with Crippen molar-refractivity contribution >= 4 is 64.8 Å². The third kappa shape index (κ3) is 34.7. The van der Waals surface area contributed by atoms with Crippen molar-refractivity contribution in [3.63, 3.8) is 0 Å². The molecule has 1 aromatic rings. The van der Waals surface area contributed by atoms with Crippen LogP contribution in [0.5, 0.6) is 0 Å². The molecular formula is C53H90N8O17S. The number of thioether (sulfide) groups is 1. The second-order valence-electron chi connectivity index (χ2n) is 18.8. The van der Waals surface area contributed by atoms with E-state index in [2.05, 4.69) is 26.3 Å². The van der Waals surface area contributed by atoms with E-state index >= 15 is 0 Å². The number of anilines is 1. The monoisotopic (exact) mass is 1140 g/mol. The number of Topliss-reactive ketones (excluding diaryl/α,β-unsaturated/α-hetero) is 1. The zero-order valence-corrected chi connectivity index (χ0v) is 47.7. The lowest BCUT2D eigenvalue weighted by Gasteiger charge is -2.23. The van der Waals surface area contributed by atoms with Crippen LogP contribution >= 0.6 is 11.8 Å². The zero-order chi connectivity index (χ0) is 57.9. The van der Waals surface area contributed by atoms with Gasteiger partial charge in [0.1, 0.15) is 6.61 Å². The van der Waals surface area contributed by atoms with Crippen LogP contribution in [0.1, 0.15) is 77.2 Å². The van der Waals surface area contributed by atoms with Crippen molar-refractivity contribution in [2.45, 2.75) is 89.5 Å². The number of alkyl carbamates (subject to hydrolysis) is 1. The van der Waals surface area contributed by atoms with Crippen LogP contribution in [0.2, 0.25) is 0 Å². The van der Waals surface area contributed by atoms with E-state index in [1.165, 1.54) is 11.8 Å². The predicted molar refractivity (Wildman–Crippen MR) is 296 cm³/mol. The van der Waals surface area contributed by atoms with Crippen molar-refractivity contribution in [2.75, 3.05) is 151 Å². The van der Waals surface area contributed by atoms with Crippen molar-refractivity contribution in [3.8, 4) is 0 Å². The summed E-state index contributed by atoms with van der Waals surface area (Å²) >= 11 is 1.31. The fourth-order valence-corrected chi connectivity index (χ4v) is 8.38. The Hall–Kier alpha value is -5.03. The molecule has 1 aromatic carbocycles. The highest BCUT2D eigenvalue weighted by Gasteiger charge is 2.37. The first-order valence-electron chi connectivity index (χ1n) is 27.1. The van der Waals surface area contributed by atoms with Crippen LogP contribution in [0.3, 0.4) is 0 Å². The summed E-state index contributed by atoms with van der Waals surface area (Å²) in [5, 5.41) is 20.8. The fraction of sp³-hybridized carbons (Fsp3) is 0.736. The van der Waals surface area contributed by atoms with E-state index in [0.29, 0.717) is 142 Å². The summed E-state index contributed by atoms with van der Waals surface area (Å²) in [5.74, 6) is -3.50. The molecular weight excluding hydrogens is 1050 g/mol. The number of carbonyl (C=O) groups excluding carboxylic acids is 7. The van der Waals surface area contributed by atoms with Crippen molar-refractivity contribution in [3.05, 3.63) is 29.8 Å². The topological polar surface area (TPSA) is 339 Å². The summed E-state index contributed by atoms with van der Waals surface area (Å²) in [6, 6.07) is 6.31. The van der Waals surface area contributed by atoms with E-state index in [4.69, 9.17) is 54.1 Å². The molecule has 4 atom stereocenters. The molecule has 0 radical (unpaired) electrons. The van der Waals surface area contributed by atoms with Gasteiger partial charge in [0.15, 0.2) is 11.7 Å². The van der Waals surface area contributed by atoms with E-state index in [9.17, 15) is 38.7 Å². The van der Waals surface area contributed by atoms with Gasteiger partial charge in [-0.1, -0.05) is 32.4 Å². The number of hydrogen-bond acceptors (Lipinski definition) is 19. The lowest BCUT2D eigenvalue weighted by molar-refractivity contribution is -0.138. The molecule has 1 unspecified atom stereocenters. The molecule has 1 heterocycles. The average Bonchev–Trinajstić information content (AvgIpc) is 3.70. The number of nitrogens with one attached hydrogen (secondary N) is 4. The molecule has 0 saturated carbocycles.